The third kappa shape index (κ3) is 4.59. The van der Waals surface area contributed by atoms with Gasteiger partial charge < -0.3 is 16.2 Å². The van der Waals surface area contributed by atoms with Gasteiger partial charge in [0, 0.05) is 6.42 Å². The highest BCUT2D eigenvalue weighted by atomic mass is 16.7. The first-order valence-electron chi connectivity index (χ1n) is 7.77. The van der Waals surface area contributed by atoms with Crippen LogP contribution in [0.25, 0.3) is 0 Å². The van der Waals surface area contributed by atoms with Gasteiger partial charge in [-0.25, -0.2) is 4.99 Å². The zero-order valence-electron chi connectivity index (χ0n) is 14.0. The van der Waals surface area contributed by atoms with Gasteiger partial charge in [-0.15, -0.1) is 0 Å². The second kappa shape index (κ2) is 7.32. The van der Waals surface area contributed by atoms with Crippen molar-refractivity contribution in [2.24, 2.45) is 21.5 Å². The van der Waals surface area contributed by atoms with Crippen LogP contribution in [-0.2, 0) is 11.3 Å². The highest BCUT2D eigenvalue weighted by Crippen LogP contribution is 2.20. The molecule has 1 aliphatic rings. The Balaban J connectivity index is 1.76. The average molecular weight is 319 g/mol. The molecule has 1 heterocycles. The molecule has 126 valence electrons. The number of ether oxygens (including phenoxy) is 1. The monoisotopic (exact) mass is 319 g/mol. The largest absolute Gasteiger partial charge is 0.493 e. The number of aryl methyl sites for hydroxylation is 1. The number of nitrogens with zero attached hydrogens (tertiary/aromatic N) is 3. The predicted molar refractivity (Wildman–Crippen MR) is 91.0 cm³/mol. The molecule has 7 nitrogen and oxygen atoms in total. The molecule has 0 aliphatic carbocycles. The van der Waals surface area contributed by atoms with Gasteiger partial charge in [0.1, 0.15) is 5.75 Å². The van der Waals surface area contributed by atoms with Crippen LogP contribution in [0.4, 0.5) is 0 Å². The molecule has 0 bridgehead atoms. The molecule has 1 aromatic carbocycles. The zero-order valence-corrected chi connectivity index (χ0v) is 14.0. The topological polar surface area (TPSA) is 98.5 Å². The molecule has 0 atom stereocenters. The van der Waals surface area contributed by atoms with Gasteiger partial charge in [0.25, 0.3) is 0 Å². The minimum Gasteiger partial charge on any atom is -0.493 e. The number of rotatable bonds is 7. The molecule has 4 N–H and O–H groups in total. The van der Waals surface area contributed by atoms with Crippen LogP contribution in [0.3, 0.4) is 0 Å². The van der Waals surface area contributed by atoms with Crippen LogP contribution in [0.1, 0.15) is 32.8 Å². The number of benzene rings is 1. The van der Waals surface area contributed by atoms with Crippen LogP contribution in [-0.4, -0.2) is 35.9 Å². The molecule has 23 heavy (non-hydrogen) atoms. The maximum absolute atomic E-state index is 5.84. The Bertz CT molecular complexity index is 598. The Hall–Kier alpha value is -2.28. The van der Waals surface area contributed by atoms with E-state index in [4.69, 9.17) is 21.0 Å². The van der Waals surface area contributed by atoms with Crippen molar-refractivity contribution in [2.75, 3.05) is 13.2 Å². The summed E-state index contributed by atoms with van der Waals surface area (Å²) in [6.45, 7) is 6.84. The van der Waals surface area contributed by atoms with E-state index in [1.165, 1.54) is 10.6 Å². The molecule has 0 amide bonds. The molecule has 0 aromatic heterocycles. The first kappa shape index (κ1) is 17.1. The summed E-state index contributed by atoms with van der Waals surface area (Å²) in [5, 5.41) is 1.47. The van der Waals surface area contributed by atoms with Gasteiger partial charge in [-0.3, -0.25) is 4.84 Å². The molecule has 0 radical (unpaired) electrons. The van der Waals surface area contributed by atoms with Gasteiger partial charge in [-0.05, 0) is 38.0 Å². The van der Waals surface area contributed by atoms with Gasteiger partial charge >= 0.3 is 0 Å². The Kier molecular flexibility index (Phi) is 5.44. The van der Waals surface area contributed by atoms with Crippen LogP contribution in [0, 0.1) is 0 Å². The van der Waals surface area contributed by atoms with Crippen molar-refractivity contribution in [3.05, 3.63) is 29.8 Å². The van der Waals surface area contributed by atoms with E-state index in [1.807, 2.05) is 26.0 Å². The Morgan fingerprint density at radius 1 is 1.22 bits per heavy atom. The average Bonchev–Trinajstić information content (AvgIpc) is 2.48. The summed E-state index contributed by atoms with van der Waals surface area (Å²) in [6.07, 6.45) is 1.71. The van der Waals surface area contributed by atoms with Crippen LogP contribution in [0.5, 0.6) is 5.75 Å². The van der Waals surface area contributed by atoms with E-state index >= 15 is 0 Å². The molecular weight excluding hydrogens is 294 g/mol. The van der Waals surface area contributed by atoms with E-state index in [1.54, 1.807) is 0 Å². The summed E-state index contributed by atoms with van der Waals surface area (Å²) in [6, 6.07) is 8.09. The van der Waals surface area contributed by atoms with E-state index in [0.29, 0.717) is 13.2 Å². The van der Waals surface area contributed by atoms with Crippen LogP contribution in [0.15, 0.2) is 34.3 Å². The summed E-state index contributed by atoms with van der Waals surface area (Å²) in [5.41, 5.74) is 12.0. The second-order valence-corrected chi connectivity index (χ2v) is 5.77. The predicted octanol–water partition coefficient (Wildman–Crippen LogP) is 1.63. The first-order chi connectivity index (χ1) is 10.9. The van der Waals surface area contributed by atoms with Gasteiger partial charge in [0.15, 0.2) is 5.66 Å². The number of nitrogens with two attached hydrogens (primary N) is 2. The lowest BCUT2D eigenvalue weighted by molar-refractivity contribution is -0.158. The Morgan fingerprint density at radius 3 is 2.70 bits per heavy atom. The van der Waals surface area contributed by atoms with Crippen LogP contribution in [0.2, 0.25) is 0 Å². The summed E-state index contributed by atoms with van der Waals surface area (Å²) < 4.78 is 5.73. The van der Waals surface area contributed by atoms with Crippen molar-refractivity contribution >= 4 is 11.9 Å². The highest BCUT2D eigenvalue weighted by molar-refractivity contribution is 5.95. The van der Waals surface area contributed by atoms with Crippen molar-refractivity contribution in [1.29, 1.82) is 0 Å². The second-order valence-electron chi connectivity index (χ2n) is 5.77. The van der Waals surface area contributed by atoms with Crippen molar-refractivity contribution < 1.29 is 9.57 Å². The molecule has 7 heteroatoms. The Labute approximate surface area is 136 Å². The van der Waals surface area contributed by atoms with Crippen molar-refractivity contribution in [2.45, 2.75) is 39.3 Å². The van der Waals surface area contributed by atoms with Gasteiger partial charge in [0.2, 0.25) is 11.9 Å². The molecule has 1 aliphatic heterocycles. The SMILES string of the molecule is CCc1cccc(OCCCON2C(N)=NC(N)=NC2(C)C)c1. The van der Waals surface area contributed by atoms with E-state index in [9.17, 15) is 0 Å². The van der Waals surface area contributed by atoms with E-state index in [0.717, 1.165) is 18.6 Å². The third-order valence-electron chi connectivity index (χ3n) is 3.41. The van der Waals surface area contributed by atoms with Gasteiger partial charge in [-0.2, -0.15) is 10.1 Å². The number of hydrogen-bond acceptors (Lipinski definition) is 7. The van der Waals surface area contributed by atoms with Crippen LogP contribution >= 0.6 is 0 Å². The summed E-state index contributed by atoms with van der Waals surface area (Å²) >= 11 is 0. The van der Waals surface area contributed by atoms with Crippen molar-refractivity contribution in [3.63, 3.8) is 0 Å². The zero-order chi connectivity index (χ0) is 16.9. The van der Waals surface area contributed by atoms with Gasteiger partial charge in [-0.1, -0.05) is 19.1 Å². The lowest BCUT2D eigenvalue weighted by Gasteiger charge is -2.36. The standard InChI is InChI=1S/C16H25N5O2/c1-4-12-7-5-8-13(11-12)22-9-6-10-23-21-15(18)19-14(17)20-16(21,2)3/h5,7-8,11H,4,6,9-10H2,1-3H3,(H4,17,18,19,20). The lowest BCUT2D eigenvalue weighted by atomic mass is 10.2. The fourth-order valence-corrected chi connectivity index (χ4v) is 2.28. The third-order valence-corrected chi connectivity index (χ3v) is 3.41. The molecule has 0 fully saturated rings. The van der Waals surface area contributed by atoms with E-state index < -0.39 is 5.66 Å². The molecule has 0 spiro atoms. The van der Waals surface area contributed by atoms with Crippen molar-refractivity contribution in [3.8, 4) is 5.75 Å². The fourth-order valence-electron chi connectivity index (χ4n) is 2.28. The molecule has 0 saturated heterocycles. The maximum Gasteiger partial charge on any atom is 0.226 e. The minimum absolute atomic E-state index is 0.159. The first-order valence-corrected chi connectivity index (χ1v) is 7.77. The number of guanidine groups is 2. The van der Waals surface area contributed by atoms with Gasteiger partial charge in [0.05, 0.1) is 13.2 Å². The number of hydrogen-bond donors (Lipinski definition) is 2. The molecular formula is C16H25N5O2. The molecule has 0 unspecified atom stereocenters. The Morgan fingerprint density at radius 2 is 2.00 bits per heavy atom. The fraction of sp³-hybridized carbons (Fsp3) is 0.500. The molecule has 2 rings (SSSR count). The number of aliphatic imine (C=N–C) groups is 2. The minimum atomic E-state index is -0.674. The lowest BCUT2D eigenvalue weighted by Crippen LogP contribution is -2.53. The normalized spacial score (nSPS) is 16.7. The smallest absolute Gasteiger partial charge is 0.226 e. The summed E-state index contributed by atoms with van der Waals surface area (Å²) in [5.74, 6) is 1.24. The van der Waals surface area contributed by atoms with E-state index in [2.05, 4.69) is 29.0 Å². The summed E-state index contributed by atoms with van der Waals surface area (Å²) in [7, 11) is 0. The van der Waals surface area contributed by atoms with E-state index in [-0.39, 0.29) is 11.9 Å². The molecule has 0 saturated carbocycles. The molecule has 1 aromatic rings. The number of hydroxylamine groups is 2. The quantitative estimate of drug-likeness (QED) is 0.744. The maximum atomic E-state index is 5.84. The summed E-state index contributed by atoms with van der Waals surface area (Å²) in [4.78, 5) is 13.8. The van der Waals surface area contributed by atoms with Crippen molar-refractivity contribution in [1.82, 2.24) is 5.06 Å². The highest BCUT2D eigenvalue weighted by Gasteiger charge is 2.32. The van der Waals surface area contributed by atoms with Crippen LogP contribution < -0.4 is 16.2 Å².